The van der Waals surface area contributed by atoms with Gasteiger partial charge in [-0.15, -0.1) is 0 Å². The van der Waals surface area contributed by atoms with E-state index in [9.17, 15) is 4.79 Å². The van der Waals surface area contributed by atoms with Crippen LogP contribution in [0.15, 0.2) is 27.4 Å². The monoisotopic (exact) mass is 216 g/mol. The molecule has 80 valence electrons. The number of nitriles is 1. The highest BCUT2D eigenvalue weighted by atomic mass is 16.5. The van der Waals surface area contributed by atoms with E-state index in [0.717, 1.165) is 0 Å². The zero-order chi connectivity index (χ0) is 11.5. The molecular weight excluding hydrogens is 208 g/mol. The van der Waals surface area contributed by atoms with E-state index < -0.39 is 5.56 Å². The highest BCUT2D eigenvalue weighted by molar-refractivity contribution is 5.77. The summed E-state index contributed by atoms with van der Waals surface area (Å²) in [6, 6.07) is 6.72. The maximum atomic E-state index is 11.6. The van der Waals surface area contributed by atoms with Crippen LogP contribution >= 0.6 is 0 Å². The minimum atomic E-state index is -0.394. The maximum absolute atomic E-state index is 11.6. The largest absolute Gasteiger partial charge is 0.497 e. The summed E-state index contributed by atoms with van der Waals surface area (Å²) in [5.41, 5.74) is -0.0150. The summed E-state index contributed by atoms with van der Waals surface area (Å²) in [7, 11) is 1.52. The molecule has 2 rings (SSSR count). The van der Waals surface area contributed by atoms with E-state index in [-0.39, 0.29) is 12.3 Å². The Balaban J connectivity index is 2.69. The fourth-order valence-electron chi connectivity index (χ4n) is 1.36. The Kier molecular flexibility index (Phi) is 2.56. The average molecular weight is 216 g/mol. The molecule has 0 fully saturated rings. The number of hydrogen-bond acceptors (Lipinski definition) is 5. The number of benzene rings is 1. The van der Waals surface area contributed by atoms with Gasteiger partial charge in [0.1, 0.15) is 17.8 Å². The van der Waals surface area contributed by atoms with Crippen molar-refractivity contribution < 1.29 is 9.15 Å². The summed E-state index contributed by atoms with van der Waals surface area (Å²) in [6.07, 6.45) is -0.0254. The van der Waals surface area contributed by atoms with Crippen LogP contribution in [0.2, 0.25) is 0 Å². The van der Waals surface area contributed by atoms with Crippen molar-refractivity contribution in [3.05, 3.63) is 34.4 Å². The van der Waals surface area contributed by atoms with E-state index in [1.807, 2.05) is 6.07 Å². The van der Waals surface area contributed by atoms with Crippen molar-refractivity contribution in [1.82, 2.24) is 4.98 Å². The van der Waals surface area contributed by atoms with Crippen LogP contribution in [0.1, 0.15) is 5.89 Å². The molecule has 5 nitrogen and oxygen atoms in total. The Labute approximate surface area is 90.9 Å². The summed E-state index contributed by atoms with van der Waals surface area (Å²) < 4.78 is 10.3. The molecule has 5 heteroatoms. The molecule has 0 saturated heterocycles. The molecule has 1 aromatic carbocycles. The van der Waals surface area contributed by atoms with E-state index in [2.05, 4.69) is 4.98 Å². The molecule has 0 amide bonds. The highest BCUT2D eigenvalue weighted by Gasteiger charge is 2.06. The molecule has 0 unspecified atom stereocenters. The Morgan fingerprint density at radius 2 is 2.38 bits per heavy atom. The predicted molar refractivity (Wildman–Crippen MR) is 56.1 cm³/mol. The molecule has 0 spiro atoms. The van der Waals surface area contributed by atoms with Crippen LogP contribution in [0, 0.1) is 11.3 Å². The van der Waals surface area contributed by atoms with Crippen molar-refractivity contribution in [3.8, 4) is 11.8 Å². The molecule has 2 aromatic rings. The van der Waals surface area contributed by atoms with E-state index in [1.165, 1.54) is 7.11 Å². The highest BCUT2D eigenvalue weighted by Crippen LogP contribution is 2.18. The third-order valence-electron chi connectivity index (χ3n) is 2.10. The number of ether oxygens (including phenoxy) is 1. The van der Waals surface area contributed by atoms with Crippen LogP contribution in [0.25, 0.3) is 11.0 Å². The number of methoxy groups -OCH3 is 1. The van der Waals surface area contributed by atoms with E-state index in [1.54, 1.807) is 18.2 Å². The first-order valence-corrected chi connectivity index (χ1v) is 4.59. The molecule has 0 aliphatic heterocycles. The van der Waals surface area contributed by atoms with Gasteiger partial charge in [-0.1, -0.05) is 0 Å². The third kappa shape index (κ3) is 1.73. The van der Waals surface area contributed by atoms with Crippen LogP contribution in [0.4, 0.5) is 0 Å². The standard InChI is InChI=1S/C11H8N2O3/c1-15-7-2-3-8-9(6-7)16-10(4-5-12)13-11(8)14/h2-3,6H,4H2,1H3. The van der Waals surface area contributed by atoms with E-state index in [4.69, 9.17) is 14.4 Å². The molecule has 1 heterocycles. The first-order chi connectivity index (χ1) is 7.74. The lowest BCUT2D eigenvalue weighted by Crippen LogP contribution is -2.08. The van der Waals surface area contributed by atoms with Gasteiger partial charge in [-0.2, -0.15) is 10.2 Å². The van der Waals surface area contributed by atoms with Crippen molar-refractivity contribution in [2.24, 2.45) is 0 Å². The second-order valence-corrected chi connectivity index (χ2v) is 3.11. The Morgan fingerprint density at radius 1 is 1.56 bits per heavy atom. The summed E-state index contributed by atoms with van der Waals surface area (Å²) >= 11 is 0. The van der Waals surface area contributed by atoms with E-state index >= 15 is 0 Å². The SMILES string of the molecule is COc1ccc2c(=O)nc(CC#N)oc2c1. The quantitative estimate of drug-likeness (QED) is 0.755. The molecule has 16 heavy (non-hydrogen) atoms. The first-order valence-electron chi connectivity index (χ1n) is 4.59. The fourth-order valence-corrected chi connectivity index (χ4v) is 1.36. The van der Waals surface area contributed by atoms with E-state index in [0.29, 0.717) is 16.7 Å². The van der Waals surface area contributed by atoms with Gasteiger partial charge in [-0.3, -0.25) is 4.79 Å². The van der Waals surface area contributed by atoms with Crippen LogP contribution in [0.3, 0.4) is 0 Å². The van der Waals surface area contributed by atoms with Gasteiger partial charge in [0.2, 0.25) is 5.89 Å². The number of aromatic nitrogens is 1. The molecule has 1 aromatic heterocycles. The molecule has 0 aliphatic carbocycles. The van der Waals surface area contributed by atoms with Crippen molar-refractivity contribution in [2.75, 3.05) is 7.11 Å². The third-order valence-corrected chi connectivity index (χ3v) is 2.10. The lowest BCUT2D eigenvalue weighted by atomic mass is 10.2. The minimum absolute atomic E-state index is 0.0254. The zero-order valence-electron chi connectivity index (χ0n) is 8.56. The molecule has 0 bridgehead atoms. The lowest BCUT2D eigenvalue weighted by molar-refractivity contribution is 0.413. The minimum Gasteiger partial charge on any atom is -0.497 e. The molecule has 0 radical (unpaired) electrons. The average Bonchev–Trinajstić information content (AvgIpc) is 2.28. The Bertz CT molecular complexity index is 625. The van der Waals surface area contributed by atoms with Crippen molar-refractivity contribution in [2.45, 2.75) is 6.42 Å². The van der Waals surface area contributed by atoms with Gasteiger partial charge in [-0.25, -0.2) is 0 Å². The van der Waals surface area contributed by atoms with Gasteiger partial charge >= 0.3 is 0 Å². The first kappa shape index (κ1) is 10.2. The topological polar surface area (TPSA) is 76.1 Å². The molecule has 0 aliphatic rings. The summed E-state index contributed by atoms with van der Waals surface area (Å²) in [6.45, 7) is 0. The van der Waals surface area contributed by atoms with Crippen LogP contribution in [0.5, 0.6) is 5.75 Å². The van der Waals surface area contributed by atoms with Crippen LogP contribution < -0.4 is 10.3 Å². The van der Waals surface area contributed by atoms with Gasteiger partial charge in [0.05, 0.1) is 18.6 Å². The van der Waals surface area contributed by atoms with Gasteiger partial charge in [-0.05, 0) is 12.1 Å². The number of fused-ring (bicyclic) bond motifs is 1. The zero-order valence-corrected chi connectivity index (χ0v) is 8.56. The summed E-state index contributed by atoms with van der Waals surface area (Å²) in [5.74, 6) is 0.706. The maximum Gasteiger partial charge on any atom is 0.283 e. The number of nitrogens with zero attached hydrogens (tertiary/aromatic N) is 2. The Morgan fingerprint density at radius 3 is 3.06 bits per heavy atom. The predicted octanol–water partition coefficient (Wildman–Crippen LogP) is 1.26. The number of rotatable bonds is 2. The van der Waals surface area contributed by atoms with Gasteiger partial charge in [0, 0.05) is 6.07 Å². The molecule has 0 saturated carbocycles. The second kappa shape index (κ2) is 4.03. The normalized spacial score (nSPS) is 10.0. The lowest BCUT2D eigenvalue weighted by Gasteiger charge is -2.01. The molecule has 0 atom stereocenters. The fraction of sp³-hybridized carbons (Fsp3) is 0.182. The second-order valence-electron chi connectivity index (χ2n) is 3.11. The van der Waals surface area contributed by atoms with Crippen LogP contribution in [-0.4, -0.2) is 12.1 Å². The number of hydrogen-bond donors (Lipinski definition) is 0. The van der Waals surface area contributed by atoms with Crippen molar-refractivity contribution in [3.63, 3.8) is 0 Å². The summed E-state index contributed by atoms with van der Waals surface area (Å²) in [4.78, 5) is 15.2. The molecule has 0 N–H and O–H groups in total. The smallest absolute Gasteiger partial charge is 0.283 e. The summed E-state index contributed by atoms with van der Waals surface area (Å²) in [5, 5.41) is 8.88. The van der Waals surface area contributed by atoms with Crippen molar-refractivity contribution in [1.29, 1.82) is 5.26 Å². The van der Waals surface area contributed by atoms with Gasteiger partial charge < -0.3 is 9.15 Å². The van der Waals surface area contributed by atoms with Crippen molar-refractivity contribution >= 4 is 11.0 Å². The Hall–Kier alpha value is -2.35. The molecular formula is C11H8N2O3. The van der Waals surface area contributed by atoms with Gasteiger partial charge in [0.15, 0.2) is 0 Å². The van der Waals surface area contributed by atoms with Gasteiger partial charge in [0.25, 0.3) is 5.56 Å². The van der Waals surface area contributed by atoms with Crippen LogP contribution in [-0.2, 0) is 6.42 Å².